The Balaban J connectivity index is 2.42. The maximum Gasteiger partial charge on any atom is 0.351 e. The average Bonchev–Trinajstić information content (AvgIpc) is 2.74. The minimum absolute atomic E-state index is 0.108. The van der Waals surface area contributed by atoms with E-state index in [2.05, 4.69) is 20.4 Å². The minimum atomic E-state index is -0.517. The Labute approximate surface area is 119 Å². The van der Waals surface area contributed by atoms with Crippen LogP contribution in [0, 0.1) is 0 Å². The van der Waals surface area contributed by atoms with Gasteiger partial charge in [0, 0.05) is 27.2 Å². The van der Waals surface area contributed by atoms with Crippen molar-refractivity contribution in [2.24, 2.45) is 0 Å². The van der Waals surface area contributed by atoms with Gasteiger partial charge in [-0.1, -0.05) is 22.9 Å². The van der Waals surface area contributed by atoms with Crippen LogP contribution in [0.4, 0.5) is 9.93 Å². The number of urea groups is 1. The van der Waals surface area contributed by atoms with Crippen LogP contribution < -0.4 is 10.6 Å². The summed E-state index contributed by atoms with van der Waals surface area (Å²) in [6, 6.07) is -0.172. The molecule has 0 radical (unpaired) electrons. The van der Waals surface area contributed by atoms with Crippen molar-refractivity contribution < 1.29 is 14.3 Å². The normalized spacial score (nSPS) is 9.89. The zero-order valence-electron chi connectivity index (χ0n) is 10.8. The van der Waals surface area contributed by atoms with Crippen LogP contribution >= 0.6 is 22.9 Å². The summed E-state index contributed by atoms with van der Waals surface area (Å²) in [6.07, 6.45) is 0. The predicted molar refractivity (Wildman–Crippen MR) is 74.0 cm³/mol. The molecule has 0 unspecified atom stereocenters. The number of thiazole rings is 1. The third-order valence-corrected chi connectivity index (χ3v) is 3.42. The first-order chi connectivity index (χ1) is 8.95. The highest BCUT2D eigenvalue weighted by Gasteiger charge is 2.16. The molecule has 0 aliphatic heterocycles. The number of methoxy groups -OCH3 is 1. The van der Waals surface area contributed by atoms with E-state index in [1.54, 1.807) is 14.1 Å². The summed E-state index contributed by atoms with van der Waals surface area (Å²) in [5, 5.41) is 6.26. The number of aromatic nitrogens is 1. The van der Waals surface area contributed by atoms with Crippen LogP contribution in [0.5, 0.6) is 0 Å². The quantitative estimate of drug-likeness (QED) is 0.632. The fourth-order valence-corrected chi connectivity index (χ4v) is 2.22. The highest BCUT2D eigenvalue weighted by Crippen LogP contribution is 2.27. The second-order valence-corrected chi connectivity index (χ2v) is 5.04. The van der Waals surface area contributed by atoms with Crippen molar-refractivity contribution in [1.29, 1.82) is 0 Å². The number of hydrogen-bond donors (Lipinski definition) is 2. The first-order valence-corrected chi connectivity index (χ1v) is 6.58. The number of anilines is 1. The van der Waals surface area contributed by atoms with E-state index < -0.39 is 5.97 Å². The first kappa shape index (κ1) is 15.5. The highest BCUT2D eigenvalue weighted by molar-refractivity contribution is 7.18. The zero-order valence-corrected chi connectivity index (χ0v) is 12.4. The predicted octanol–water partition coefficient (Wildman–Crippen LogP) is 1.27. The van der Waals surface area contributed by atoms with Crippen molar-refractivity contribution in [2.75, 3.05) is 39.6 Å². The van der Waals surface area contributed by atoms with Crippen LogP contribution in [0.3, 0.4) is 0 Å². The molecule has 0 atom stereocenters. The van der Waals surface area contributed by atoms with Crippen molar-refractivity contribution in [3.8, 4) is 0 Å². The molecule has 2 amide bonds. The third-order valence-electron chi connectivity index (χ3n) is 2.04. The van der Waals surface area contributed by atoms with E-state index in [1.165, 1.54) is 12.0 Å². The largest absolute Gasteiger partial charge is 0.465 e. The second kappa shape index (κ2) is 7.15. The molecule has 19 heavy (non-hydrogen) atoms. The molecule has 9 heteroatoms. The SMILES string of the molecule is COC(=O)c1sc(NCCNC(=O)N(C)C)nc1Cl. The third kappa shape index (κ3) is 4.56. The molecule has 0 spiro atoms. The summed E-state index contributed by atoms with van der Waals surface area (Å²) in [6.45, 7) is 0.909. The Hall–Kier alpha value is -1.54. The molecule has 0 saturated heterocycles. The van der Waals surface area contributed by atoms with Crippen LogP contribution in [0.2, 0.25) is 5.15 Å². The Morgan fingerprint density at radius 1 is 1.42 bits per heavy atom. The molecule has 2 N–H and O–H groups in total. The number of nitrogens with zero attached hydrogens (tertiary/aromatic N) is 2. The lowest BCUT2D eigenvalue weighted by atomic mass is 10.6. The monoisotopic (exact) mass is 306 g/mol. The molecular weight excluding hydrogens is 292 g/mol. The maximum atomic E-state index is 11.3. The number of rotatable bonds is 5. The summed E-state index contributed by atoms with van der Waals surface area (Å²) < 4.78 is 4.57. The molecule has 1 heterocycles. The van der Waals surface area contributed by atoms with Crippen LogP contribution in [-0.2, 0) is 4.74 Å². The molecule has 1 rings (SSSR count). The van der Waals surface area contributed by atoms with E-state index in [-0.39, 0.29) is 16.1 Å². The molecule has 0 bridgehead atoms. The number of carbonyl (C=O) groups is 2. The van der Waals surface area contributed by atoms with Gasteiger partial charge in [0.05, 0.1) is 7.11 Å². The Morgan fingerprint density at radius 3 is 2.68 bits per heavy atom. The van der Waals surface area contributed by atoms with E-state index in [4.69, 9.17) is 11.6 Å². The molecule has 0 aliphatic carbocycles. The van der Waals surface area contributed by atoms with Gasteiger partial charge in [0.25, 0.3) is 0 Å². The van der Waals surface area contributed by atoms with Crippen molar-refractivity contribution in [1.82, 2.24) is 15.2 Å². The van der Waals surface area contributed by atoms with Gasteiger partial charge in [0.2, 0.25) is 0 Å². The number of halogens is 1. The van der Waals surface area contributed by atoms with E-state index >= 15 is 0 Å². The summed E-state index contributed by atoms with van der Waals surface area (Å²) >= 11 is 6.91. The first-order valence-electron chi connectivity index (χ1n) is 5.39. The molecule has 0 aromatic carbocycles. The Kier molecular flexibility index (Phi) is 5.84. The van der Waals surface area contributed by atoms with Gasteiger partial charge in [-0.3, -0.25) is 0 Å². The minimum Gasteiger partial charge on any atom is -0.465 e. The van der Waals surface area contributed by atoms with E-state index in [0.29, 0.717) is 18.2 Å². The average molecular weight is 307 g/mol. The van der Waals surface area contributed by atoms with Crippen molar-refractivity contribution in [3.63, 3.8) is 0 Å². The molecule has 0 fully saturated rings. The maximum absolute atomic E-state index is 11.3. The Bertz CT molecular complexity index is 464. The standard InChI is InChI=1S/C10H15ClN4O3S/c1-15(2)10(17)13-5-4-12-9-14-7(11)6(19-9)8(16)18-3/h4-5H2,1-3H3,(H,12,14)(H,13,17). The smallest absolute Gasteiger partial charge is 0.351 e. The number of carbonyl (C=O) groups excluding carboxylic acids is 2. The van der Waals surface area contributed by atoms with E-state index in [1.807, 2.05) is 0 Å². The molecule has 0 saturated carbocycles. The zero-order chi connectivity index (χ0) is 14.4. The van der Waals surface area contributed by atoms with E-state index in [9.17, 15) is 9.59 Å². The lowest BCUT2D eigenvalue weighted by Crippen LogP contribution is -2.37. The number of hydrogen-bond acceptors (Lipinski definition) is 6. The lowest BCUT2D eigenvalue weighted by molar-refractivity contribution is 0.0606. The number of esters is 1. The summed E-state index contributed by atoms with van der Waals surface area (Å²) in [5.74, 6) is -0.517. The van der Waals surface area contributed by atoms with Gasteiger partial charge in [0.1, 0.15) is 0 Å². The lowest BCUT2D eigenvalue weighted by Gasteiger charge is -2.11. The molecule has 1 aromatic rings. The summed E-state index contributed by atoms with van der Waals surface area (Å²) in [5.41, 5.74) is 0. The van der Waals surface area contributed by atoms with Crippen molar-refractivity contribution in [2.45, 2.75) is 0 Å². The van der Waals surface area contributed by atoms with Gasteiger partial charge in [0.15, 0.2) is 15.2 Å². The second-order valence-electron chi connectivity index (χ2n) is 3.68. The highest BCUT2D eigenvalue weighted by atomic mass is 35.5. The molecule has 106 valence electrons. The van der Waals surface area contributed by atoms with Crippen LogP contribution in [0.15, 0.2) is 0 Å². The number of nitrogens with one attached hydrogen (secondary N) is 2. The fraction of sp³-hybridized carbons (Fsp3) is 0.500. The van der Waals surface area contributed by atoms with Crippen LogP contribution in [-0.4, -0.2) is 56.2 Å². The van der Waals surface area contributed by atoms with Crippen molar-refractivity contribution >= 4 is 40.1 Å². The van der Waals surface area contributed by atoms with E-state index in [0.717, 1.165) is 11.3 Å². The molecule has 0 aliphatic rings. The molecule has 1 aromatic heterocycles. The number of ether oxygens (including phenoxy) is 1. The topological polar surface area (TPSA) is 83.6 Å². The molecular formula is C10H15ClN4O3S. The summed E-state index contributed by atoms with van der Waals surface area (Å²) in [4.78, 5) is 28.2. The van der Waals surface area contributed by atoms with Gasteiger partial charge in [-0.15, -0.1) is 0 Å². The molecule has 7 nitrogen and oxygen atoms in total. The van der Waals surface area contributed by atoms with Gasteiger partial charge >= 0.3 is 12.0 Å². The van der Waals surface area contributed by atoms with Crippen LogP contribution in [0.25, 0.3) is 0 Å². The van der Waals surface area contributed by atoms with Gasteiger partial charge < -0.3 is 20.3 Å². The summed E-state index contributed by atoms with van der Waals surface area (Å²) in [7, 11) is 4.60. The van der Waals surface area contributed by atoms with Crippen LogP contribution in [0.1, 0.15) is 9.67 Å². The van der Waals surface area contributed by atoms with Gasteiger partial charge in [-0.05, 0) is 0 Å². The van der Waals surface area contributed by atoms with Crippen molar-refractivity contribution in [3.05, 3.63) is 10.0 Å². The fourth-order valence-electron chi connectivity index (χ4n) is 1.09. The number of amides is 2. The van der Waals surface area contributed by atoms with Gasteiger partial charge in [-0.2, -0.15) is 0 Å². The Morgan fingerprint density at radius 2 is 2.11 bits per heavy atom. The van der Waals surface area contributed by atoms with Gasteiger partial charge in [-0.25, -0.2) is 14.6 Å².